The normalized spacial score (nSPS) is 24.4. The van der Waals surface area contributed by atoms with Crippen molar-refractivity contribution < 1.29 is 0 Å². The fraction of sp³-hybridized carbons (Fsp3) is 0.769. The molecule has 2 nitrogen and oxygen atoms in total. The predicted molar refractivity (Wildman–Crippen MR) is 69.9 cm³/mol. The number of thiazole rings is 1. The van der Waals surface area contributed by atoms with Crippen LogP contribution in [0.4, 0.5) is 0 Å². The topological polar surface area (TPSA) is 24.9 Å². The highest BCUT2D eigenvalue weighted by atomic mass is 32.1. The van der Waals surface area contributed by atoms with Crippen molar-refractivity contribution in [1.29, 1.82) is 0 Å². The van der Waals surface area contributed by atoms with Crippen LogP contribution >= 0.6 is 11.3 Å². The standard InChI is InChI=1S/C13H22N2S/c1-5-14-12(11-7-13(11,3)4)6-10-8-16-9(2)15-10/h8,11-12,14H,5-7H2,1-4H3. The van der Waals surface area contributed by atoms with E-state index < -0.39 is 0 Å². The molecule has 0 radical (unpaired) electrons. The van der Waals surface area contributed by atoms with E-state index in [9.17, 15) is 0 Å². The van der Waals surface area contributed by atoms with E-state index in [1.54, 1.807) is 11.3 Å². The van der Waals surface area contributed by atoms with Gasteiger partial charge in [0, 0.05) is 17.8 Å². The van der Waals surface area contributed by atoms with Crippen molar-refractivity contribution in [1.82, 2.24) is 10.3 Å². The Bertz CT molecular complexity index is 357. The van der Waals surface area contributed by atoms with Crippen molar-refractivity contribution in [2.45, 2.75) is 46.6 Å². The Morgan fingerprint density at radius 3 is 2.75 bits per heavy atom. The predicted octanol–water partition coefficient (Wildman–Crippen LogP) is 3.02. The number of hydrogen-bond donors (Lipinski definition) is 1. The molecule has 16 heavy (non-hydrogen) atoms. The number of rotatable bonds is 5. The number of nitrogens with zero attached hydrogens (tertiary/aromatic N) is 1. The maximum absolute atomic E-state index is 4.57. The second-order valence-electron chi connectivity index (χ2n) is 5.53. The second-order valence-corrected chi connectivity index (χ2v) is 6.59. The quantitative estimate of drug-likeness (QED) is 0.853. The number of hydrogen-bond acceptors (Lipinski definition) is 3. The van der Waals surface area contributed by atoms with Crippen molar-refractivity contribution in [2.24, 2.45) is 11.3 Å². The Hall–Kier alpha value is -0.410. The molecule has 1 aromatic heterocycles. The third-order valence-corrected chi connectivity index (χ3v) is 4.46. The van der Waals surface area contributed by atoms with Gasteiger partial charge < -0.3 is 5.32 Å². The van der Waals surface area contributed by atoms with Crippen LogP contribution in [0.5, 0.6) is 0 Å². The van der Waals surface area contributed by atoms with Gasteiger partial charge in [-0.1, -0.05) is 20.8 Å². The van der Waals surface area contributed by atoms with Gasteiger partial charge in [0.25, 0.3) is 0 Å². The lowest BCUT2D eigenvalue weighted by molar-refractivity contribution is 0.407. The van der Waals surface area contributed by atoms with Gasteiger partial charge in [-0.3, -0.25) is 0 Å². The van der Waals surface area contributed by atoms with Gasteiger partial charge in [0.2, 0.25) is 0 Å². The number of likely N-dealkylation sites (N-methyl/N-ethyl adjacent to an activating group) is 1. The molecule has 1 aliphatic rings. The summed E-state index contributed by atoms with van der Waals surface area (Å²) in [6.45, 7) is 10.1. The van der Waals surface area contributed by atoms with Gasteiger partial charge in [-0.25, -0.2) is 4.98 Å². The molecule has 0 spiro atoms. The monoisotopic (exact) mass is 238 g/mol. The summed E-state index contributed by atoms with van der Waals surface area (Å²) in [6, 6.07) is 0.612. The highest BCUT2D eigenvalue weighted by Crippen LogP contribution is 2.54. The van der Waals surface area contributed by atoms with Crippen LogP contribution in [0.3, 0.4) is 0 Å². The average Bonchev–Trinajstić information content (AvgIpc) is 2.64. The highest BCUT2D eigenvalue weighted by Gasteiger charge is 2.49. The summed E-state index contributed by atoms with van der Waals surface area (Å²) < 4.78 is 0. The van der Waals surface area contributed by atoms with Gasteiger partial charge in [-0.05, 0) is 31.2 Å². The van der Waals surface area contributed by atoms with E-state index in [1.165, 1.54) is 17.1 Å². The first kappa shape index (κ1) is 12.1. The lowest BCUT2D eigenvalue weighted by Gasteiger charge is -2.18. The molecule has 1 fully saturated rings. The van der Waals surface area contributed by atoms with Gasteiger partial charge in [0.1, 0.15) is 0 Å². The minimum Gasteiger partial charge on any atom is -0.314 e. The van der Waals surface area contributed by atoms with Crippen LogP contribution in [0.1, 0.15) is 37.9 Å². The second kappa shape index (κ2) is 4.46. The molecular formula is C13H22N2S. The van der Waals surface area contributed by atoms with Crippen LogP contribution in [0, 0.1) is 18.3 Å². The highest BCUT2D eigenvalue weighted by molar-refractivity contribution is 7.09. The first-order valence-corrected chi connectivity index (χ1v) is 7.05. The van der Waals surface area contributed by atoms with E-state index in [2.05, 4.69) is 43.4 Å². The zero-order chi connectivity index (χ0) is 11.8. The van der Waals surface area contributed by atoms with Crippen LogP contribution in [-0.4, -0.2) is 17.6 Å². The first-order chi connectivity index (χ1) is 7.53. The van der Waals surface area contributed by atoms with Crippen molar-refractivity contribution in [3.8, 4) is 0 Å². The SMILES string of the molecule is CCNC(Cc1csc(C)n1)C1CC1(C)C. The Labute approximate surface area is 102 Å². The lowest BCUT2D eigenvalue weighted by atomic mass is 10.00. The van der Waals surface area contributed by atoms with E-state index in [0.29, 0.717) is 11.5 Å². The Morgan fingerprint density at radius 2 is 2.31 bits per heavy atom. The Morgan fingerprint density at radius 1 is 1.62 bits per heavy atom. The largest absolute Gasteiger partial charge is 0.314 e. The summed E-state index contributed by atoms with van der Waals surface area (Å²) in [7, 11) is 0. The molecule has 2 atom stereocenters. The number of aromatic nitrogens is 1. The maximum atomic E-state index is 4.57. The van der Waals surface area contributed by atoms with E-state index in [4.69, 9.17) is 0 Å². The summed E-state index contributed by atoms with van der Waals surface area (Å²) in [6.07, 6.45) is 2.44. The molecule has 1 heterocycles. The summed E-state index contributed by atoms with van der Waals surface area (Å²) in [5.74, 6) is 0.828. The van der Waals surface area contributed by atoms with Crippen molar-refractivity contribution >= 4 is 11.3 Å². The van der Waals surface area contributed by atoms with Gasteiger partial charge in [0.15, 0.2) is 0 Å². The van der Waals surface area contributed by atoms with Gasteiger partial charge >= 0.3 is 0 Å². The summed E-state index contributed by atoms with van der Waals surface area (Å²) in [4.78, 5) is 4.57. The van der Waals surface area contributed by atoms with Crippen LogP contribution < -0.4 is 5.32 Å². The van der Waals surface area contributed by atoms with Gasteiger partial charge in [0.05, 0.1) is 10.7 Å². The molecule has 0 amide bonds. The molecule has 2 rings (SSSR count). The van der Waals surface area contributed by atoms with Crippen molar-refractivity contribution in [2.75, 3.05) is 6.54 Å². The summed E-state index contributed by atoms with van der Waals surface area (Å²) >= 11 is 1.76. The summed E-state index contributed by atoms with van der Waals surface area (Å²) in [5, 5.41) is 7.01. The molecule has 1 aromatic rings. The number of nitrogens with one attached hydrogen (secondary N) is 1. The molecule has 0 saturated heterocycles. The first-order valence-electron chi connectivity index (χ1n) is 6.17. The molecule has 3 heteroatoms. The molecule has 2 unspecified atom stereocenters. The van der Waals surface area contributed by atoms with Crippen LogP contribution in [0.2, 0.25) is 0 Å². The molecule has 0 aliphatic heterocycles. The van der Waals surface area contributed by atoms with Crippen LogP contribution in [-0.2, 0) is 6.42 Å². The zero-order valence-electron chi connectivity index (χ0n) is 10.7. The maximum Gasteiger partial charge on any atom is 0.0897 e. The zero-order valence-corrected chi connectivity index (χ0v) is 11.5. The molecular weight excluding hydrogens is 216 g/mol. The molecule has 1 aliphatic carbocycles. The van der Waals surface area contributed by atoms with Crippen LogP contribution in [0.25, 0.3) is 0 Å². The molecule has 0 aromatic carbocycles. The van der Waals surface area contributed by atoms with E-state index >= 15 is 0 Å². The Kier molecular flexibility index (Phi) is 3.36. The third-order valence-electron chi connectivity index (χ3n) is 3.64. The Balaban J connectivity index is 1.98. The molecule has 90 valence electrons. The van der Waals surface area contributed by atoms with Gasteiger partial charge in [-0.15, -0.1) is 11.3 Å². The molecule has 1 saturated carbocycles. The minimum atomic E-state index is 0.540. The van der Waals surface area contributed by atoms with E-state index in [1.807, 2.05) is 0 Å². The smallest absolute Gasteiger partial charge is 0.0897 e. The van der Waals surface area contributed by atoms with Crippen molar-refractivity contribution in [3.05, 3.63) is 16.1 Å². The fourth-order valence-corrected chi connectivity index (χ4v) is 3.17. The van der Waals surface area contributed by atoms with Gasteiger partial charge in [-0.2, -0.15) is 0 Å². The van der Waals surface area contributed by atoms with Crippen LogP contribution in [0.15, 0.2) is 5.38 Å². The third kappa shape index (κ3) is 2.64. The number of aryl methyl sites for hydroxylation is 1. The van der Waals surface area contributed by atoms with Crippen molar-refractivity contribution in [3.63, 3.8) is 0 Å². The average molecular weight is 238 g/mol. The minimum absolute atomic E-state index is 0.540. The molecule has 0 bridgehead atoms. The van der Waals surface area contributed by atoms with E-state index in [-0.39, 0.29) is 0 Å². The van der Waals surface area contributed by atoms with E-state index in [0.717, 1.165) is 18.9 Å². The molecule has 1 N–H and O–H groups in total. The summed E-state index contributed by atoms with van der Waals surface area (Å²) in [5.41, 5.74) is 1.80. The lowest BCUT2D eigenvalue weighted by Crippen LogP contribution is -2.34. The fourth-order valence-electron chi connectivity index (χ4n) is 2.54.